The summed E-state index contributed by atoms with van der Waals surface area (Å²) < 4.78 is 52.0. The van der Waals surface area contributed by atoms with E-state index in [1.165, 1.54) is 40.0 Å². The molecule has 4 heterocycles. The number of hydrogen-bond acceptors (Lipinski definition) is 16. The predicted octanol–water partition coefficient (Wildman–Crippen LogP) is -2.94. The van der Waals surface area contributed by atoms with Gasteiger partial charge in [-0.2, -0.15) is 8.88 Å². The number of carbonyl (C=O) groups is 1. The van der Waals surface area contributed by atoms with Crippen LogP contribution in [0.25, 0.3) is 11.2 Å². The van der Waals surface area contributed by atoms with Gasteiger partial charge in [-0.05, 0) is 6.07 Å². The summed E-state index contributed by atoms with van der Waals surface area (Å²) in [6, 6.07) is 2.91. The van der Waals surface area contributed by atoms with Gasteiger partial charge in [0.2, 0.25) is 0 Å². The van der Waals surface area contributed by atoms with E-state index >= 15 is 0 Å². The van der Waals surface area contributed by atoms with Gasteiger partial charge in [0, 0.05) is 6.07 Å². The van der Waals surface area contributed by atoms with Gasteiger partial charge >= 0.3 is 15.6 Å². The highest BCUT2D eigenvalue weighted by Crippen LogP contribution is 2.60. The number of anilines is 1. The fourth-order valence-corrected chi connectivity index (χ4v) is 6.07. The van der Waals surface area contributed by atoms with Gasteiger partial charge in [-0.25, -0.2) is 24.1 Å². The minimum atomic E-state index is -5.38. The number of fused-ring (bicyclic) bond motifs is 1. The molecule has 3 aromatic rings. The number of primary amides is 1. The summed E-state index contributed by atoms with van der Waals surface area (Å²) in [5, 5.41) is 40.2. The molecule has 21 nitrogen and oxygen atoms in total. The van der Waals surface area contributed by atoms with Crippen molar-refractivity contribution in [2.24, 2.45) is 5.73 Å². The minimum Gasteiger partial charge on any atom is -0.394 e. The molecule has 0 aliphatic carbocycles. The van der Waals surface area contributed by atoms with Crippen LogP contribution in [-0.2, 0) is 38.7 Å². The Morgan fingerprint density at radius 1 is 1.16 bits per heavy atom. The van der Waals surface area contributed by atoms with E-state index in [-0.39, 0.29) is 29.3 Å². The van der Waals surface area contributed by atoms with E-state index in [1.54, 1.807) is 0 Å². The van der Waals surface area contributed by atoms with E-state index in [0.29, 0.717) is 0 Å². The number of ether oxygens (including phenoxy) is 2. The van der Waals surface area contributed by atoms with Gasteiger partial charge in [-0.1, -0.05) is 0 Å². The first-order valence-corrected chi connectivity index (χ1v) is 15.5. The van der Waals surface area contributed by atoms with Crippen LogP contribution in [0.4, 0.5) is 5.82 Å². The highest BCUT2D eigenvalue weighted by atomic mass is 31.3. The summed E-state index contributed by atoms with van der Waals surface area (Å²) in [5.74, 6) is -0.672. The van der Waals surface area contributed by atoms with E-state index < -0.39 is 78.1 Å². The lowest BCUT2D eigenvalue weighted by Crippen LogP contribution is -2.43. The van der Waals surface area contributed by atoms with E-state index in [2.05, 4.69) is 23.8 Å². The van der Waals surface area contributed by atoms with Crippen molar-refractivity contribution in [3.05, 3.63) is 42.7 Å². The number of phosphoric acid groups is 2. The van der Waals surface area contributed by atoms with E-state index in [1.807, 2.05) is 0 Å². The zero-order valence-electron chi connectivity index (χ0n) is 22.5. The fraction of sp³-hybridized carbons (Fsp3) is 0.476. The van der Waals surface area contributed by atoms with Crippen LogP contribution in [0.5, 0.6) is 0 Å². The molecule has 242 valence electrons. The van der Waals surface area contributed by atoms with E-state index in [9.17, 15) is 44.1 Å². The maximum absolute atomic E-state index is 12.4. The summed E-state index contributed by atoms with van der Waals surface area (Å²) in [4.78, 5) is 43.2. The zero-order chi connectivity index (χ0) is 32.2. The lowest BCUT2D eigenvalue weighted by atomic mass is 10.1. The molecule has 3 aromatic heterocycles. The largest absolute Gasteiger partial charge is 0.481 e. The molecule has 0 spiro atoms. The van der Waals surface area contributed by atoms with Crippen molar-refractivity contribution in [2.75, 3.05) is 25.6 Å². The molecule has 1 saturated heterocycles. The Kier molecular flexibility index (Phi) is 10.7. The van der Waals surface area contributed by atoms with Gasteiger partial charge in [0.05, 0.1) is 26.1 Å². The topological polar surface area (TPSA) is 318 Å². The summed E-state index contributed by atoms with van der Waals surface area (Å²) >= 11 is 0. The minimum absolute atomic E-state index is 0.0494. The summed E-state index contributed by atoms with van der Waals surface area (Å²) in [5.41, 5.74) is 11.5. The van der Waals surface area contributed by atoms with Gasteiger partial charge in [-0.3, -0.25) is 18.4 Å². The monoisotopic (exact) mass is 666 g/mol. The third kappa shape index (κ3) is 8.17. The quantitative estimate of drug-likeness (QED) is 0.0594. The smallest absolute Gasteiger partial charge is 0.394 e. The van der Waals surface area contributed by atoms with Crippen molar-refractivity contribution in [3.8, 4) is 0 Å². The Morgan fingerprint density at radius 3 is 2.59 bits per heavy atom. The second-order valence-corrected chi connectivity index (χ2v) is 12.3. The molecule has 0 aromatic carbocycles. The molecule has 8 atom stereocenters. The first kappa shape index (κ1) is 33.9. The molecule has 0 radical (unpaired) electrons. The van der Waals surface area contributed by atoms with Crippen LogP contribution in [0.2, 0.25) is 0 Å². The first-order chi connectivity index (χ1) is 20.7. The molecule has 1 fully saturated rings. The van der Waals surface area contributed by atoms with Gasteiger partial charge in [0.15, 0.2) is 30.1 Å². The number of hydrogen-bond donors (Lipinski definition) is 8. The summed E-state index contributed by atoms with van der Waals surface area (Å²) in [6.45, 7) is -3.01. The van der Waals surface area contributed by atoms with Crippen molar-refractivity contribution in [3.63, 3.8) is 0 Å². The number of carbonyl (C=O) groups excluding carboxylic acids is 1. The number of nitrogen functional groups attached to an aromatic ring is 1. The molecule has 0 bridgehead atoms. The number of phosphoric ester groups is 2. The molecule has 1 amide bonds. The third-order valence-corrected chi connectivity index (χ3v) is 8.81. The Balaban J connectivity index is 1.32. The lowest BCUT2D eigenvalue weighted by molar-refractivity contribution is -0.735. The number of aromatic nitrogens is 5. The molecular weight excluding hydrogens is 636 g/mol. The van der Waals surface area contributed by atoms with Crippen LogP contribution in [0.15, 0.2) is 37.2 Å². The molecule has 10 N–H and O–H groups in total. The predicted molar refractivity (Wildman–Crippen MR) is 141 cm³/mol. The number of pyridine rings is 1. The Labute approximate surface area is 247 Å². The number of aliphatic hydroxyl groups excluding tert-OH is 4. The molecule has 1 aliphatic rings. The van der Waals surface area contributed by atoms with Crippen LogP contribution >= 0.6 is 15.6 Å². The standard InChI is InChI=1S/C21H29N7O14P2/c22-18-15-20(25-8-24-18)28(9-26-15)21-17(32)16(31)14(41-21)7-40-44(36,37)42-43(34,35)39-6-13(12(30)5-29)38-10-27-3-1-2-11(4-27)19(23)33/h1-4,8-9,12-14,16-17,21,29-32H,5-7,10H2,(H5-,22,23,24,25,33,34,35,36,37)/p+1/t12?,13-,14-,16?,17?,21-/m1/s1. The number of rotatable bonds is 15. The fourth-order valence-electron chi connectivity index (χ4n) is 3.98. The number of aliphatic hydroxyl groups is 4. The van der Waals surface area contributed by atoms with E-state index in [4.69, 9.17) is 25.5 Å². The van der Waals surface area contributed by atoms with Crippen molar-refractivity contribution in [1.29, 1.82) is 0 Å². The first-order valence-electron chi connectivity index (χ1n) is 12.5. The number of nitrogens with two attached hydrogens (primary N) is 2. The molecule has 5 unspecified atom stereocenters. The van der Waals surface area contributed by atoms with Crippen LogP contribution in [0, 0.1) is 0 Å². The molecule has 4 rings (SSSR count). The zero-order valence-corrected chi connectivity index (χ0v) is 24.3. The summed E-state index contributed by atoms with van der Waals surface area (Å²) in [6.07, 6.45) is -3.90. The van der Waals surface area contributed by atoms with Crippen molar-refractivity contribution >= 4 is 38.5 Å². The Hall–Kier alpha value is -3.01. The van der Waals surface area contributed by atoms with Crippen LogP contribution in [-0.4, -0.2) is 106 Å². The van der Waals surface area contributed by atoms with Gasteiger partial charge in [-0.15, -0.1) is 0 Å². The van der Waals surface area contributed by atoms with Gasteiger partial charge < -0.3 is 51.2 Å². The molecule has 44 heavy (non-hydrogen) atoms. The SMILES string of the molecule is NC(=O)c1ccc[n+](CO[C@H](COP(=O)(O)OP(=O)(O)OC[C@H]2O[C@@H](n3cnc4c(N)ncnc43)C(O)C2O)C(O)CO)c1. The van der Waals surface area contributed by atoms with Gasteiger partial charge in [0.1, 0.15) is 47.9 Å². The number of imidazole rings is 1. The lowest BCUT2D eigenvalue weighted by Gasteiger charge is -2.22. The Morgan fingerprint density at radius 2 is 1.89 bits per heavy atom. The maximum Gasteiger partial charge on any atom is 0.481 e. The second-order valence-electron chi connectivity index (χ2n) is 9.29. The molecular formula is C21H30N7O14P2+. The Bertz CT molecular complexity index is 1560. The second kappa shape index (κ2) is 14.0. The molecule has 0 saturated carbocycles. The normalized spacial score (nSPS) is 24.5. The number of nitrogens with zero attached hydrogens (tertiary/aromatic N) is 5. The summed E-state index contributed by atoms with van der Waals surface area (Å²) in [7, 11) is -10.8. The van der Waals surface area contributed by atoms with Crippen LogP contribution < -0.4 is 16.0 Å². The van der Waals surface area contributed by atoms with Crippen LogP contribution in [0.1, 0.15) is 16.6 Å². The van der Waals surface area contributed by atoms with Crippen LogP contribution in [0.3, 0.4) is 0 Å². The average Bonchev–Trinajstić information content (AvgIpc) is 3.52. The average molecular weight is 666 g/mol. The van der Waals surface area contributed by atoms with Crippen molar-refractivity contribution < 1.29 is 71.5 Å². The van der Waals surface area contributed by atoms with E-state index in [0.717, 1.165) is 6.33 Å². The maximum atomic E-state index is 12.4. The van der Waals surface area contributed by atoms with Crippen molar-refractivity contribution in [2.45, 2.75) is 43.5 Å². The van der Waals surface area contributed by atoms with Gasteiger partial charge in [0.25, 0.3) is 12.6 Å². The highest BCUT2D eigenvalue weighted by molar-refractivity contribution is 7.61. The molecule has 23 heteroatoms. The molecule has 1 aliphatic heterocycles. The van der Waals surface area contributed by atoms with Crippen molar-refractivity contribution in [1.82, 2.24) is 19.5 Å². The highest BCUT2D eigenvalue weighted by Gasteiger charge is 2.46. The number of amides is 1. The third-order valence-electron chi connectivity index (χ3n) is 6.21.